The van der Waals surface area contributed by atoms with Gasteiger partial charge in [0.05, 0.1) is 12.8 Å². The topological polar surface area (TPSA) is 80.9 Å². The first-order chi connectivity index (χ1) is 9.10. The van der Waals surface area contributed by atoms with Gasteiger partial charge in [-0.1, -0.05) is 0 Å². The van der Waals surface area contributed by atoms with Crippen molar-refractivity contribution < 1.29 is 14.6 Å². The molecule has 7 heteroatoms. The Bertz CT molecular complexity index is 674. The van der Waals surface area contributed by atoms with Crippen LogP contribution in [0.3, 0.4) is 0 Å². The van der Waals surface area contributed by atoms with Crippen LogP contribution in [0, 0.1) is 6.92 Å². The Balaban J connectivity index is 2.61. The molecule has 2 heterocycles. The number of ether oxygens (including phenoxy) is 1. The molecule has 6 nitrogen and oxygen atoms in total. The van der Waals surface area contributed by atoms with Crippen LogP contribution in [0.15, 0.2) is 11.0 Å². The number of hydrogen-bond acceptors (Lipinski definition) is 6. The van der Waals surface area contributed by atoms with E-state index in [9.17, 15) is 9.59 Å². The van der Waals surface area contributed by atoms with E-state index >= 15 is 0 Å². The predicted molar refractivity (Wildman–Crippen MR) is 70.8 cm³/mol. The Kier molecular flexibility index (Phi) is 3.96. The van der Waals surface area contributed by atoms with Gasteiger partial charge in [-0.2, -0.15) is 0 Å². The molecule has 0 aliphatic heterocycles. The summed E-state index contributed by atoms with van der Waals surface area (Å²) in [6.07, 6.45) is 1.71. The van der Waals surface area contributed by atoms with Crippen molar-refractivity contribution in [2.75, 3.05) is 13.2 Å². The highest BCUT2D eigenvalue weighted by atomic mass is 32.1. The van der Waals surface area contributed by atoms with Crippen LogP contribution in [0.4, 0.5) is 0 Å². The zero-order valence-electron chi connectivity index (χ0n) is 10.7. The number of aliphatic hydroxyl groups is 1. The van der Waals surface area contributed by atoms with E-state index < -0.39 is 11.5 Å². The normalized spacial score (nSPS) is 10.9. The second-order valence-electron chi connectivity index (χ2n) is 3.90. The van der Waals surface area contributed by atoms with Crippen molar-refractivity contribution in [1.29, 1.82) is 0 Å². The highest BCUT2D eigenvalue weighted by Crippen LogP contribution is 2.20. The van der Waals surface area contributed by atoms with Crippen molar-refractivity contribution in [3.8, 4) is 0 Å². The van der Waals surface area contributed by atoms with E-state index in [-0.39, 0.29) is 18.8 Å². The van der Waals surface area contributed by atoms with Crippen LogP contribution >= 0.6 is 11.3 Å². The summed E-state index contributed by atoms with van der Waals surface area (Å²) in [6, 6.07) is 0. The van der Waals surface area contributed by atoms with E-state index in [0.717, 1.165) is 4.88 Å². The van der Waals surface area contributed by atoms with Crippen molar-refractivity contribution in [1.82, 2.24) is 9.38 Å². The number of rotatable bonds is 4. The van der Waals surface area contributed by atoms with Crippen LogP contribution in [0.1, 0.15) is 27.9 Å². The summed E-state index contributed by atoms with van der Waals surface area (Å²) in [4.78, 5) is 29.4. The van der Waals surface area contributed by atoms with Gasteiger partial charge >= 0.3 is 5.97 Å². The molecule has 0 aliphatic carbocycles. The van der Waals surface area contributed by atoms with E-state index in [1.807, 2.05) is 0 Å². The van der Waals surface area contributed by atoms with Crippen LogP contribution in [0.5, 0.6) is 0 Å². The van der Waals surface area contributed by atoms with Gasteiger partial charge < -0.3 is 9.84 Å². The molecule has 0 atom stereocenters. The van der Waals surface area contributed by atoms with Gasteiger partial charge in [-0.15, -0.1) is 11.3 Å². The quantitative estimate of drug-likeness (QED) is 0.838. The van der Waals surface area contributed by atoms with Crippen molar-refractivity contribution in [2.45, 2.75) is 20.3 Å². The average Bonchev–Trinajstić information content (AvgIpc) is 2.68. The molecule has 0 aliphatic rings. The summed E-state index contributed by atoms with van der Waals surface area (Å²) in [5, 5.41) is 8.98. The second kappa shape index (κ2) is 5.50. The minimum atomic E-state index is -0.663. The van der Waals surface area contributed by atoms with Gasteiger partial charge in [-0.25, -0.2) is 9.78 Å². The van der Waals surface area contributed by atoms with Crippen LogP contribution in [-0.4, -0.2) is 33.7 Å². The van der Waals surface area contributed by atoms with Gasteiger partial charge in [-0.3, -0.25) is 9.20 Å². The number of aromatic nitrogens is 2. The Hall–Kier alpha value is -1.73. The molecule has 2 aromatic heterocycles. The molecule has 0 bridgehead atoms. The van der Waals surface area contributed by atoms with E-state index in [0.29, 0.717) is 17.1 Å². The number of carbonyl (C=O) groups is 1. The molecular formula is C12H14N2O4S. The van der Waals surface area contributed by atoms with Crippen LogP contribution in [-0.2, 0) is 11.2 Å². The minimum Gasteiger partial charge on any atom is -0.462 e. The predicted octanol–water partition coefficient (Wildman–Crippen LogP) is 0.776. The zero-order valence-corrected chi connectivity index (χ0v) is 11.5. The molecule has 0 saturated carbocycles. The number of aryl methyl sites for hydroxylation is 1. The van der Waals surface area contributed by atoms with Crippen molar-refractivity contribution in [3.05, 3.63) is 32.7 Å². The standard InChI is InChI=1S/C12H14N2O4S/c1-3-18-11(17)8-6-13-12-14(10(8)16)7(2)9(19-12)4-5-15/h6,15H,3-5H2,1-2H3. The van der Waals surface area contributed by atoms with Crippen molar-refractivity contribution in [2.24, 2.45) is 0 Å². The lowest BCUT2D eigenvalue weighted by atomic mass is 10.3. The van der Waals surface area contributed by atoms with E-state index in [1.54, 1.807) is 13.8 Å². The van der Waals surface area contributed by atoms with Crippen LogP contribution in [0.2, 0.25) is 0 Å². The maximum atomic E-state index is 12.2. The first-order valence-electron chi connectivity index (χ1n) is 5.88. The second-order valence-corrected chi connectivity index (χ2v) is 4.96. The summed E-state index contributed by atoms with van der Waals surface area (Å²) in [5.41, 5.74) is 0.204. The summed E-state index contributed by atoms with van der Waals surface area (Å²) in [6.45, 7) is 3.66. The molecule has 102 valence electrons. The number of hydrogen-bond donors (Lipinski definition) is 1. The third-order valence-corrected chi connectivity index (χ3v) is 3.93. The first kappa shape index (κ1) is 13.7. The molecular weight excluding hydrogens is 268 g/mol. The number of aliphatic hydroxyl groups excluding tert-OH is 1. The molecule has 1 N–H and O–H groups in total. The van der Waals surface area contributed by atoms with Crippen LogP contribution in [0.25, 0.3) is 4.96 Å². The third kappa shape index (κ3) is 2.39. The summed E-state index contributed by atoms with van der Waals surface area (Å²) < 4.78 is 6.21. The van der Waals surface area contributed by atoms with Crippen LogP contribution < -0.4 is 5.56 Å². The number of esters is 1. The molecule has 0 amide bonds. The summed E-state index contributed by atoms with van der Waals surface area (Å²) in [5.74, 6) is -0.663. The highest BCUT2D eigenvalue weighted by molar-refractivity contribution is 7.17. The summed E-state index contributed by atoms with van der Waals surface area (Å²) in [7, 11) is 0. The van der Waals surface area contributed by atoms with E-state index in [2.05, 4.69) is 4.98 Å². The molecule has 2 aromatic rings. The molecule has 0 unspecified atom stereocenters. The maximum absolute atomic E-state index is 12.2. The van der Waals surface area contributed by atoms with Gasteiger partial charge in [-0.05, 0) is 13.8 Å². The lowest BCUT2D eigenvalue weighted by Gasteiger charge is -2.02. The molecule has 2 rings (SSSR count). The number of carbonyl (C=O) groups excluding carboxylic acids is 1. The molecule has 0 saturated heterocycles. The van der Waals surface area contributed by atoms with Gasteiger partial charge in [0.1, 0.15) is 5.56 Å². The van der Waals surface area contributed by atoms with E-state index in [1.165, 1.54) is 21.9 Å². The lowest BCUT2D eigenvalue weighted by Crippen LogP contribution is -2.24. The summed E-state index contributed by atoms with van der Waals surface area (Å²) >= 11 is 1.34. The first-order valence-corrected chi connectivity index (χ1v) is 6.69. The third-order valence-electron chi connectivity index (χ3n) is 2.72. The average molecular weight is 282 g/mol. The Labute approximate surface area is 113 Å². The molecule has 0 spiro atoms. The Morgan fingerprint density at radius 1 is 1.58 bits per heavy atom. The minimum absolute atomic E-state index is 0.00709. The molecule has 0 aromatic carbocycles. The maximum Gasteiger partial charge on any atom is 0.345 e. The van der Waals surface area contributed by atoms with E-state index in [4.69, 9.17) is 9.84 Å². The smallest absolute Gasteiger partial charge is 0.345 e. The largest absolute Gasteiger partial charge is 0.462 e. The number of thiazole rings is 1. The SMILES string of the molecule is CCOC(=O)c1cnc2sc(CCO)c(C)n2c1=O. The monoisotopic (exact) mass is 282 g/mol. The molecule has 0 radical (unpaired) electrons. The van der Waals surface area contributed by atoms with Gasteiger partial charge in [0.25, 0.3) is 5.56 Å². The number of fused-ring (bicyclic) bond motifs is 1. The fourth-order valence-electron chi connectivity index (χ4n) is 1.80. The zero-order chi connectivity index (χ0) is 14.0. The van der Waals surface area contributed by atoms with Gasteiger partial charge in [0.2, 0.25) is 0 Å². The molecule has 0 fully saturated rings. The van der Waals surface area contributed by atoms with Gasteiger partial charge in [0, 0.05) is 23.6 Å². The number of nitrogens with zero attached hydrogens (tertiary/aromatic N) is 2. The Morgan fingerprint density at radius 2 is 2.32 bits per heavy atom. The van der Waals surface area contributed by atoms with Crippen molar-refractivity contribution >= 4 is 22.3 Å². The highest BCUT2D eigenvalue weighted by Gasteiger charge is 2.18. The fourth-order valence-corrected chi connectivity index (χ4v) is 2.87. The van der Waals surface area contributed by atoms with Crippen molar-refractivity contribution in [3.63, 3.8) is 0 Å². The lowest BCUT2D eigenvalue weighted by molar-refractivity contribution is 0.0523. The van der Waals surface area contributed by atoms with Gasteiger partial charge in [0.15, 0.2) is 4.96 Å². The Morgan fingerprint density at radius 3 is 2.95 bits per heavy atom. The molecule has 19 heavy (non-hydrogen) atoms. The fraction of sp³-hybridized carbons (Fsp3) is 0.417.